The molecule has 0 atom stereocenters. The van der Waals surface area contributed by atoms with Gasteiger partial charge in [0.05, 0.1) is 17.8 Å². The lowest BCUT2D eigenvalue weighted by atomic mass is 10.1. The molecule has 0 saturated heterocycles. The van der Waals surface area contributed by atoms with E-state index in [0.717, 1.165) is 23.5 Å². The molecule has 1 amide bonds. The molecule has 10 heteroatoms. The summed E-state index contributed by atoms with van der Waals surface area (Å²) in [6, 6.07) is 2.18. The van der Waals surface area contributed by atoms with Crippen molar-refractivity contribution in [2.45, 2.75) is 39.4 Å². The van der Waals surface area contributed by atoms with Crippen LogP contribution < -0.4 is 5.32 Å². The number of hydrogen-bond acceptors (Lipinski definition) is 5. The van der Waals surface area contributed by atoms with Gasteiger partial charge in [-0.3, -0.25) is 9.20 Å². The topological polar surface area (TPSA) is 85.3 Å². The zero-order valence-electron chi connectivity index (χ0n) is 14.1. The standard InChI is InChI=1S/C16H16F3N5O2/c1-9-12(10(2)26-23-9)4-6-15(25)20-7-14-22-21-13-5-3-11(8-24(13)14)16(17,18)19/h3,5,8H,4,6-7H2,1-2H3,(H,20,25). The molecule has 0 unspecified atom stereocenters. The Kier molecular flexibility index (Phi) is 4.66. The van der Waals surface area contributed by atoms with Gasteiger partial charge in [0.25, 0.3) is 0 Å². The quantitative estimate of drug-likeness (QED) is 0.749. The van der Waals surface area contributed by atoms with Crippen molar-refractivity contribution in [1.29, 1.82) is 0 Å². The predicted molar refractivity (Wildman–Crippen MR) is 84.1 cm³/mol. The summed E-state index contributed by atoms with van der Waals surface area (Å²) in [5.74, 6) is 0.629. The van der Waals surface area contributed by atoms with Crippen LogP contribution in [0, 0.1) is 13.8 Å². The Labute approximate surface area is 146 Å². The average Bonchev–Trinajstić information content (AvgIpc) is 3.13. The van der Waals surface area contributed by atoms with Gasteiger partial charge in [-0.05, 0) is 32.4 Å². The maximum absolute atomic E-state index is 12.8. The number of nitrogens with one attached hydrogen (secondary N) is 1. The summed E-state index contributed by atoms with van der Waals surface area (Å²) < 4.78 is 44.8. The summed E-state index contributed by atoms with van der Waals surface area (Å²) in [7, 11) is 0. The zero-order valence-corrected chi connectivity index (χ0v) is 14.1. The minimum Gasteiger partial charge on any atom is -0.361 e. The van der Waals surface area contributed by atoms with Crippen molar-refractivity contribution in [2.24, 2.45) is 0 Å². The van der Waals surface area contributed by atoms with Crippen LogP contribution in [0.3, 0.4) is 0 Å². The molecule has 138 valence electrons. The van der Waals surface area contributed by atoms with Crippen molar-refractivity contribution in [3.8, 4) is 0 Å². The Morgan fingerprint density at radius 2 is 2.04 bits per heavy atom. The van der Waals surface area contributed by atoms with E-state index in [9.17, 15) is 18.0 Å². The molecule has 0 spiro atoms. The fourth-order valence-electron chi connectivity index (χ4n) is 2.59. The number of pyridine rings is 1. The van der Waals surface area contributed by atoms with E-state index in [2.05, 4.69) is 20.7 Å². The molecule has 0 bridgehead atoms. The second-order valence-electron chi connectivity index (χ2n) is 5.84. The van der Waals surface area contributed by atoms with Gasteiger partial charge in [0.2, 0.25) is 5.91 Å². The molecule has 3 rings (SSSR count). The monoisotopic (exact) mass is 367 g/mol. The molecule has 0 radical (unpaired) electrons. The third-order valence-electron chi connectivity index (χ3n) is 4.03. The minimum absolute atomic E-state index is 0.0249. The van der Waals surface area contributed by atoms with Gasteiger partial charge in [-0.25, -0.2) is 0 Å². The second-order valence-corrected chi connectivity index (χ2v) is 5.84. The fraction of sp³-hybridized carbons (Fsp3) is 0.375. The van der Waals surface area contributed by atoms with Gasteiger partial charge in [-0.15, -0.1) is 10.2 Å². The van der Waals surface area contributed by atoms with Gasteiger partial charge >= 0.3 is 6.18 Å². The summed E-state index contributed by atoms with van der Waals surface area (Å²) >= 11 is 0. The number of fused-ring (bicyclic) bond motifs is 1. The summed E-state index contributed by atoms with van der Waals surface area (Å²) in [5.41, 5.74) is 1.08. The van der Waals surface area contributed by atoms with E-state index >= 15 is 0 Å². The molecule has 0 saturated carbocycles. The lowest BCUT2D eigenvalue weighted by Crippen LogP contribution is -2.24. The summed E-state index contributed by atoms with van der Waals surface area (Å²) in [6.45, 7) is 3.54. The van der Waals surface area contributed by atoms with E-state index in [1.165, 1.54) is 10.5 Å². The van der Waals surface area contributed by atoms with E-state index in [0.29, 0.717) is 12.2 Å². The lowest BCUT2D eigenvalue weighted by Gasteiger charge is -2.08. The van der Waals surface area contributed by atoms with Crippen LogP contribution in [0.15, 0.2) is 22.9 Å². The summed E-state index contributed by atoms with van der Waals surface area (Å²) in [4.78, 5) is 12.0. The molecule has 3 aromatic heterocycles. The third-order valence-corrected chi connectivity index (χ3v) is 4.03. The fourth-order valence-corrected chi connectivity index (χ4v) is 2.59. The van der Waals surface area contributed by atoms with Crippen LogP contribution in [-0.4, -0.2) is 25.7 Å². The smallest absolute Gasteiger partial charge is 0.361 e. The van der Waals surface area contributed by atoms with E-state index in [1.54, 1.807) is 13.8 Å². The highest BCUT2D eigenvalue weighted by Crippen LogP contribution is 2.29. The number of rotatable bonds is 5. The van der Waals surface area contributed by atoms with Gasteiger partial charge in [0.1, 0.15) is 5.76 Å². The van der Waals surface area contributed by atoms with E-state index < -0.39 is 11.7 Å². The van der Waals surface area contributed by atoms with E-state index in [4.69, 9.17) is 4.52 Å². The van der Waals surface area contributed by atoms with Crippen molar-refractivity contribution < 1.29 is 22.5 Å². The first-order chi connectivity index (χ1) is 12.3. The minimum atomic E-state index is -4.46. The molecule has 0 aromatic carbocycles. The number of halogens is 3. The number of carbonyl (C=O) groups excluding carboxylic acids is 1. The molecule has 3 heterocycles. The first-order valence-corrected chi connectivity index (χ1v) is 7.85. The van der Waals surface area contributed by atoms with Crippen LogP contribution in [0.25, 0.3) is 5.65 Å². The highest BCUT2D eigenvalue weighted by atomic mass is 19.4. The van der Waals surface area contributed by atoms with Crippen molar-refractivity contribution in [1.82, 2.24) is 25.1 Å². The molecule has 0 aliphatic rings. The first kappa shape index (κ1) is 17.9. The van der Waals surface area contributed by atoms with E-state index in [1.807, 2.05) is 0 Å². The Morgan fingerprint density at radius 3 is 2.69 bits per heavy atom. The van der Waals surface area contributed by atoms with Crippen molar-refractivity contribution in [2.75, 3.05) is 0 Å². The lowest BCUT2D eigenvalue weighted by molar-refractivity contribution is -0.137. The average molecular weight is 367 g/mol. The molecule has 7 nitrogen and oxygen atoms in total. The van der Waals surface area contributed by atoms with E-state index in [-0.39, 0.29) is 30.3 Å². The van der Waals surface area contributed by atoms with Gasteiger partial charge in [-0.2, -0.15) is 13.2 Å². The molecule has 0 aliphatic heterocycles. The number of nitrogens with zero attached hydrogens (tertiary/aromatic N) is 4. The molecule has 0 fully saturated rings. The highest BCUT2D eigenvalue weighted by Gasteiger charge is 2.31. The van der Waals surface area contributed by atoms with Crippen LogP contribution in [0.2, 0.25) is 0 Å². The zero-order chi connectivity index (χ0) is 18.9. The van der Waals surface area contributed by atoms with Gasteiger partial charge in [0.15, 0.2) is 11.5 Å². The molecule has 26 heavy (non-hydrogen) atoms. The van der Waals surface area contributed by atoms with Crippen LogP contribution in [-0.2, 0) is 23.9 Å². The summed E-state index contributed by atoms with van der Waals surface area (Å²) in [5, 5.41) is 14.1. The van der Waals surface area contributed by atoms with Crippen molar-refractivity contribution >= 4 is 11.6 Å². The van der Waals surface area contributed by atoms with Crippen LogP contribution in [0.5, 0.6) is 0 Å². The molecular formula is C16H16F3N5O2. The maximum atomic E-state index is 12.8. The number of aromatic nitrogens is 4. The maximum Gasteiger partial charge on any atom is 0.417 e. The second kappa shape index (κ2) is 6.77. The van der Waals surface area contributed by atoms with Gasteiger partial charge < -0.3 is 9.84 Å². The van der Waals surface area contributed by atoms with Crippen molar-refractivity contribution in [3.63, 3.8) is 0 Å². The van der Waals surface area contributed by atoms with Gasteiger partial charge in [0, 0.05) is 18.2 Å². The predicted octanol–water partition coefficient (Wildman–Crippen LogP) is 2.60. The number of amides is 1. The molecule has 3 aromatic rings. The number of carbonyl (C=O) groups is 1. The van der Waals surface area contributed by atoms with Crippen molar-refractivity contribution in [3.05, 3.63) is 46.7 Å². The Hall–Kier alpha value is -2.91. The van der Waals surface area contributed by atoms with Crippen LogP contribution >= 0.6 is 0 Å². The Bertz CT molecular complexity index is 926. The highest BCUT2D eigenvalue weighted by molar-refractivity contribution is 5.76. The molecule has 0 aliphatic carbocycles. The Balaban J connectivity index is 1.65. The normalized spacial score (nSPS) is 11.9. The summed E-state index contributed by atoms with van der Waals surface area (Å²) in [6.07, 6.45) is -2.88. The molecular weight excluding hydrogens is 351 g/mol. The largest absolute Gasteiger partial charge is 0.417 e. The number of aryl methyl sites for hydroxylation is 2. The van der Waals surface area contributed by atoms with Crippen LogP contribution in [0.4, 0.5) is 13.2 Å². The third kappa shape index (κ3) is 3.68. The Morgan fingerprint density at radius 1 is 1.27 bits per heavy atom. The molecule has 1 N–H and O–H groups in total. The number of alkyl halides is 3. The van der Waals surface area contributed by atoms with Gasteiger partial charge in [-0.1, -0.05) is 5.16 Å². The van der Waals surface area contributed by atoms with Crippen LogP contribution in [0.1, 0.15) is 34.8 Å². The SMILES string of the molecule is Cc1noc(C)c1CCC(=O)NCc1nnc2ccc(C(F)(F)F)cn12. The first-order valence-electron chi connectivity index (χ1n) is 7.85. The number of hydrogen-bond donors (Lipinski definition) is 1.